The van der Waals surface area contributed by atoms with Crippen molar-refractivity contribution < 1.29 is 0 Å². The minimum atomic E-state index is 0.734. The van der Waals surface area contributed by atoms with E-state index in [2.05, 4.69) is 36.2 Å². The van der Waals surface area contributed by atoms with Gasteiger partial charge in [-0.3, -0.25) is 0 Å². The molecule has 0 aliphatic carbocycles. The number of nitrogens with zero attached hydrogens (tertiary/aromatic N) is 1. The monoisotopic (exact) mass is 292 g/mol. The molecule has 0 fully saturated rings. The van der Waals surface area contributed by atoms with Gasteiger partial charge in [-0.1, -0.05) is 35.9 Å². The Kier molecular flexibility index (Phi) is 2.72. The third kappa shape index (κ3) is 1.99. The molecule has 102 valence electrons. The summed E-state index contributed by atoms with van der Waals surface area (Å²) in [4.78, 5) is 8.17. The largest absolute Gasteiger partial charge is 0.359 e. The van der Waals surface area contributed by atoms with Gasteiger partial charge in [-0.2, -0.15) is 0 Å². The number of nitrogens with one attached hydrogen (secondary N) is 1. The SMILES string of the molecule is Cc1ccc2c(c1)nc(-c1ccc(Cl)cc1)c1[nH]ccc12. The van der Waals surface area contributed by atoms with Crippen LogP contribution in [0.25, 0.3) is 33.1 Å². The fourth-order valence-electron chi connectivity index (χ4n) is 2.74. The van der Waals surface area contributed by atoms with Crippen LogP contribution in [0.2, 0.25) is 5.02 Å². The zero-order valence-corrected chi connectivity index (χ0v) is 12.3. The molecule has 21 heavy (non-hydrogen) atoms. The van der Waals surface area contributed by atoms with Gasteiger partial charge < -0.3 is 4.98 Å². The van der Waals surface area contributed by atoms with Crippen LogP contribution in [0.15, 0.2) is 54.7 Å². The zero-order valence-electron chi connectivity index (χ0n) is 11.5. The van der Waals surface area contributed by atoms with Crippen molar-refractivity contribution in [2.24, 2.45) is 0 Å². The van der Waals surface area contributed by atoms with Crippen molar-refractivity contribution in [1.29, 1.82) is 0 Å². The van der Waals surface area contributed by atoms with Crippen molar-refractivity contribution in [3.8, 4) is 11.3 Å². The van der Waals surface area contributed by atoms with Crippen molar-refractivity contribution in [2.45, 2.75) is 6.92 Å². The van der Waals surface area contributed by atoms with Gasteiger partial charge in [0.2, 0.25) is 0 Å². The predicted molar refractivity (Wildman–Crippen MR) is 88.8 cm³/mol. The van der Waals surface area contributed by atoms with E-state index in [9.17, 15) is 0 Å². The molecule has 2 nitrogen and oxygen atoms in total. The second-order valence-electron chi connectivity index (χ2n) is 5.25. The number of aromatic amines is 1. The normalized spacial score (nSPS) is 11.3. The highest BCUT2D eigenvalue weighted by atomic mass is 35.5. The maximum Gasteiger partial charge on any atom is 0.0950 e. The third-order valence-electron chi connectivity index (χ3n) is 3.78. The van der Waals surface area contributed by atoms with E-state index in [0.717, 1.165) is 27.3 Å². The quantitative estimate of drug-likeness (QED) is 0.503. The van der Waals surface area contributed by atoms with Gasteiger partial charge in [-0.25, -0.2) is 4.98 Å². The van der Waals surface area contributed by atoms with Crippen molar-refractivity contribution in [2.75, 3.05) is 0 Å². The number of H-pyrrole nitrogens is 1. The van der Waals surface area contributed by atoms with Gasteiger partial charge in [-0.05, 0) is 36.8 Å². The Bertz CT molecular complexity index is 952. The van der Waals surface area contributed by atoms with E-state index in [1.807, 2.05) is 30.5 Å². The summed E-state index contributed by atoms with van der Waals surface area (Å²) in [5.74, 6) is 0. The molecule has 2 aromatic carbocycles. The first kappa shape index (κ1) is 12.4. The lowest BCUT2D eigenvalue weighted by Gasteiger charge is -2.07. The fraction of sp³-hybridized carbons (Fsp3) is 0.0556. The standard InChI is InChI=1S/C18H13ClN2/c1-11-2-7-14-15-8-9-20-18(15)17(21-16(14)10-11)12-3-5-13(19)6-4-12/h2-10,20H,1H3. The molecule has 0 unspecified atom stereocenters. The molecule has 0 saturated carbocycles. The number of halogens is 1. The Hall–Kier alpha value is -2.32. The van der Waals surface area contributed by atoms with Crippen LogP contribution in [-0.4, -0.2) is 9.97 Å². The number of aryl methyl sites for hydroxylation is 1. The molecule has 2 aromatic heterocycles. The second-order valence-corrected chi connectivity index (χ2v) is 5.69. The van der Waals surface area contributed by atoms with Gasteiger partial charge >= 0.3 is 0 Å². The molecule has 0 radical (unpaired) electrons. The van der Waals surface area contributed by atoms with Gasteiger partial charge in [0.25, 0.3) is 0 Å². The first-order chi connectivity index (χ1) is 10.2. The van der Waals surface area contributed by atoms with E-state index in [0.29, 0.717) is 0 Å². The first-order valence-corrected chi connectivity index (χ1v) is 7.23. The highest BCUT2D eigenvalue weighted by Gasteiger charge is 2.11. The van der Waals surface area contributed by atoms with Crippen LogP contribution in [0.5, 0.6) is 0 Å². The Labute approximate surface area is 127 Å². The number of aromatic nitrogens is 2. The van der Waals surface area contributed by atoms with E-state index in [1.54, 1.807) is 0 Å². The van der Waals surface area contributed by atoms with Crippen molar-refractivity contribution in [3.05, 3.63) is 65.3 Å². The number of benzene rings is 2. The number of pyridine rings is 1. The van der Waals surface area contributed by atoms with Crippen molar-refractivity contribution >= 4 is 33.4 Å². The summed E-state index contributed by atoms with van der Waals surface area (Å²) in [5, 5.41) is 3.11. The summed E-state index contributed by atoms with van der Waals surface area (Å²) in [7, 11) is 0. The van der Waals surface area contributed by atoms with E-state index < -0.39 is 0 Å². The highest BCUT2D eigenvalue weighted by molar-refractivity contribution is 6.30. The topological polar surface area (TPSA) is 28.7 Å². The predicted octanol–water partition coefficient (Wildman–Crippen LogP) is 5.34. The number of rotatable bonds is 1. The van der Waals surface area contributed by atoms with E-state index in [4.69, 9.17) is 16.6 Å². The van der Waals surface area contributed by atoms with Crippen LogP contribution >= 0.6 is 11.6 Å². The second kappa shape index (κ2) is 4.61. The molecule has 0 amide bonds. The number of hydrogen-bond donors (Lipinski definition) is 1. The summed E-state index contributed by atoms with van der Waals surface area (Å²) < 4.78 is 0. The third-order valence-corrected chi connectivity index (χ3v) is 4.03. The summed E-state index contributed by atoms with van der Waals surface area (Å²) in [6.07, 6.45) is 1.96. The molecule has 0 aliphatic rings. The lowest BCUT2D eigenvalue weighted by atomic mass is 10.0. The Morgan fingerprint density at radius 2 is 1.76 bits per heavy atom. The molecule has 0 saturated heterocycles. The molecule has 0 bridgehead atoms. The summed E-state index contributed by atoms with van der Waals surface area (Å²) >= 11 is 5.98. The van der Waals surface area contributed by atoms with Gasteiger partial charge in [0.05, 0.1) is 16.7 Å². The molecule has 4 aromatic rings. The molecule has 4 rings (SSSR count). The fourth-order valence-corrected chi connectivity index (χ4v) is 2.87. The Morgan fingerprint density at radius 3 is 2.57 bits per heavy atom. The van der Waals surface area contributed by atoms with E-state index in [1.165, 1.54) is 16.3 Å². The van der Waals surface area contributed by atoms with Crippen LogP contribution < -0.4 is 0 Å². The highest BCUT2D eigenvalue weighted by Crippen LogP contribution is 2.32. The maximum absolute atomic E-state index is 5.98. The van der Waals surface area contributed by atoms with Crippen LogP contribution in [-0.2, 0) is 0 Å². The molecule has 3 heteroatoms. The molecule has 0 spiro atoms. The van der Waals surface area contributed by atoms with Crippen molar-refractivity contribution in [3.63, 3.8) is 0 Å². The van der Waals surface area contributed by atoms with Crippen LogP contribution in [0.3, 0.4) is 0 Å². The molecular weight excluding hydrogens is 280 g/mol. The summed E-state index contributed by atoms with van der Waals surface area (Å²) in [6, 6.07) is 16.3. The molecule has 2 heterocycles. The van der Waals surface area contributed by atoms with Gasteiger partial charge in [0.1, 0.15) is 0 Å². The lowest BCUT2D eigenvalue weighted by Crippen LogP contribution is -1.89. The number of hydrogen-bond acceptors (Lipinski definition) is 1. The zero-order chi connectivity index (χ0) is 14.4. The Balaban J connectivity index is 2.10. The van der Waals surface area contributed by atoms with Gasteiger partial charge in [0.15, 0.2) is 0 Å². The number of fused-ring (bicyclic) bond motifs is 3. The summed E-state index contributed by atoms with van der Waals surface area (Å²) in [5.41, 5.74) is 5.33. The van der Waals surface area contributed by atoms with E-state index >= 15 is 0 Å². The molecular formula is C18H13ClN2. The van der Waals surface area contributed by atoms with Crippen LogP contribution in [0.1, 0.15) is 5.56 Å². The maximum atomic E-state index is 5.98. The molecule has 0 aliphatic heterocycles. The average Bonchev–Trinajstić information content (AvgIpc) is 2.96. The van der Waals surface area contributed by atoms with Crippen molar-refractivity contribution in [1.82, 2.24) is 9.97 Å². The minimum Gasteiger partial charge on any atom is -0.359 e. The van der Waals surface area contributed by atoms with Gasteiger partial charge in [-0.15, -0.1) is 0 Å². The van der Waals surface area contributed by atoms with E-state index in [-0.39, 0.29) is 0 Å². The molecule has 1 N–H and O–H groups in total. The van der Waals surface area contributed by atoms with Crippen LogP contribution in [0.4, 0.5) is 0 Å². The Morgan fingerprint density at radius 1 is 0.952 bits per heavy atom. The minimum absolute atomic E-state index is 0.734. The van der Waals surface area contributed by atoms with Crippen LogP contribution in [0, 0.1) is 6.92 Å². The average molecular weight is 293 g/mol. The van der Waals surface area contributed by atoms with Gasteiger partial charge in [0, 0.05) is 27.6 Å². The first-order valence-electron chi connectivity index (χ1n) is 6.86. The summed E-state index contributed by atoms with van der Waals surface area (Å²) in [6.45, 7) is 2.09. The molecule has 0 atom stereocenters. The smallest absolute Gasteiger partial charge is 0.0950 e. The lowest BCUT2D eigenvalue weighted by molar-refractivity contribution is 1.37.